The second kappa shape index (κ2) is 8.84. The molecule has 1 amide bonds. The van der Waals surface area contributed by atoms with E-state index in [0.29, 0.717) is 25.3 Å². The minimum Gasteiger partial charge on any atom is -0.478 e. The molecule has 0 radical (unpaired) electrons. The lowest BCUT2D eigenvalue weighted by molar-refractivity contribution is -0.152. The first-order chi connectivity index (χ1) is 14.1. The van der Waals surface area contributed by atoms with Crippen molar-refractivity contribution in [2.24, 2.45) is 0 Å². The van der Waals surface area contributed by atoms with Gasteiger partial charge in [0.05, 0.1) is 18.8 Å². The largest absolute Gasteiger partial charge is 0.478 e. The third kappa shape index (κ3) is 4.19. The zero-order chi connectivity index (χ0) is 20.3. The average molecular weight is 401 g/mol. The summed E-state index contributed by atoms with van der Waals surface area (Å²) in [6, 6.07) is 7.23. The molecule has 1 aromatic rings. The van der Waals surface area contributed by atoms with Gasteiger partial charge < -0.3 is 14.7 Å². The summed E-state index contributed by atoms with van der Waals surface area (Å²) >= 11 is 0. The van der Waals surface area contributed by atoms with Gasteiger partial charge in [-0.2, -0.15) is 0 Å². The van der Waals surface area contributed by atoms with Crippen molar-refractivity contribution >= 4 is 11.9 Å². The van der Waals surface area contributed by atoms with Gasteiger partial charge in [-0.25, -0.2) is 4.79 Å². The highest BCUT2D eigenvalue weighted by molar-refractivity contribution is 5.88. The van der Waals surface area contributed by atoms with Crippen LogP contribution in [0.15, 0.2) is 24.3 Å². The molecular formula is C23H32N2O4. The molecular weight excluding hydrogens is 368 g/mol. The van der Waals surface area contributed by atoms with Crippen LogP contribution in [0.2, 0.25) is 0 Å². The van der Waals surface area contributed by atoms with Crippen LogP contribution in [0.5, 0.6) is 0 Å². The molecule has 1 atom stereocenters. The fraction of sp³-hybridized carbons (Fsp3) is 0.652. The fourth-order valence-electron chi connectivity index (χ4n) is 5.45. The fourth-order valence-corrected chi connectivity index (χ4v) is 5.45. The molecule has 2 heterocycles. The van der Waals surface area contributed by atoms with Gasteiger partial charge in [-0.3, -0.25) is 9.69 Å². The molecule has 158 valence electrons. The number of ether oxygens (including phenoxy) is 1. The predicted octanol–water partition coefficient (Wildman–Crippen LogP) is 3.13. The Bertz CT molecular complexity index is 738. The van der Waals surface area contributed by atoms with Crippen LogP contribution in [0.1, 0.15) is 66.8 Å². The minimum absolute atomic E-state index is 0.206. The average Bonchev–Trinajstić information content (AvgIpc) is 2.80. The van der Waals surface area contributed by atoms with Crippen LogP contribution in [0.4, 0.5) is 0 Å². The van der Waals surface area contributed by atoms with E-state index in [0.717, 1.165) is 63.7 Å². The van der Waals surface area contributed by atoms with Crippen LogP contribution in [0, 0.1) is 0 Å². The number of piperidine rings is 1. The lowest BCUT2D eigenvalue weighted by atomic mass is 9.78. The number of carboxylic acid groups (broad SMARTS) is 1. The van der Waals surface area contributed by atoms with Crippen LogP contribution < -0.4 is 0 Å². The molecule has 6 nitrogen and oxygen atoms in total. The number of morpholine rings is 1. The number of benzene rings is 1. The minimum atomic E-state index is -0.899. The lowest BCUT2D eigenvalue weighted by Gasteiger charge is -2.49. The summed E-state index contributed by atoms with van der Waals surface area (Å²) in [6.07, 6.45) is 7.29. The monoisotopic (exact) mass is 400 g/mol. The number of likely N-dealkylation sites (tertiary alicyclic amines) is 1. The van der Waals surface area contributed by atoms with Gasteiger partial charge in [0, 0.05) is 32.1 Å². The Labute approximate surface area is 172 Å². The number of rotatable bonds is 4. The van der Waals surface area contributed by atoms with Crippen LogP contribution >= 0.6 is 0 Å². The van der Waals surface area contributed by atoms with Crippen LogP contribution in [-0.2, 0) is 9.53 Å². The van der Waals surface area contributed by atoms with Crippen molar-refractivity contribution < 1.29 is 19.4 Å². The van der Waals surface area contributed by atoms with Crippen molar-refractivity contribution in [2.75, 3.05) is 39.4 Å². The van der Waals surface area contributed by atoms with Gasteiger partial charge in [0.1, 0.15) is 5.54 Å². The molecule has 0 aromatic heterocycles. The molecule has 4 rings (SSSR count). The van der Waals surface area contributed by atoms with Crippen molar-refractivity contribution in [3.63, 3.8) is 0 Å². The van der Waals surface area contributed by atoms with Crippen LogP contribution in [0.25, 0.3) is 0 Å². The highest BCUT2D eigenvalue weighted by Gasteiger charge is 2.47. The van der Waals surface area contributed by atoms with E-state index in [2.05, 4.69) is 9.80 Å². The number of carbonyl (C=O) groups excluding carboxylic acids is 1. The van der Waals surface area contributed by atoms with Crippen molar-refractivity contribution in [3.05, 3.63) is 35.4 Å². The van der Waals surface area contributed by atoms with E-state index in [-0.39, 0.29) is 17.4 Å². The first kappa shape index (κ1) is 20.4. The Hall–Kier alpha value is -1.92. The second-order valence-electron chi connectivity index (χ2n) is 8.71. The summed E-state index contributed by atoms with van der Waals surface area (Å²) < 4.78 is 5.55. The lowest BCUT2D eigenvalue weighted by Crippen LogP contribution is -2.63. The van der Waals surface area contributed by atoms with Gasteiger partial charge in [0.2, 0.25) is 5.91 Å². The summed E-state index contributed by atoms with van der Waals surface area (Å²) in [4.78, 5) is 29.7. The van der Waals surface area contributed by atoms with Gasteiger partial charge in [-0.1, -0.05) is 31.4 Å². The highest BCUT2D eigenvalue weighted by Crippen LogP contribution is 2.38. The molecule has 3 fully saturated rings. The molecule has 1 aliphatic carbocycles. The second-order valence-corrected chi connectivity index (χ2v) is 8.71. The van der Waals surface area contributed by atoms with Gasteiger partial charge in [0.15, 0.2) is 0 Å². The molecule has 0 spiro atoms. The smallest absolute Gasteiger partial charge is 0.335 e. The van der Waals surface area contributed by atoms with Crippen molar-refractivity contribution in [3.8, 4) is 0 Å². The molecule has 6 heteroatoms. The molecule has 0 unspecified atom stereocenters. The van der Waals surface area contributed by atoms with E-state index in [1.807, 2.05) is 12.1 Å². The van der Waals surface area contributed by atoms with Gasteiger partial charge >= 0.3 is 5.97 Å². The first-order valence-corrected chi connectivity index (χ1v) is 11.1. The predicted molar refractivity (Wildman–Crippen MR) is 110 cm³/mol. The zero-order valence-corrected chi connectivity index (χ0v) is 17.1. The van der Waals surface area contributed by atoms with Gasteiger partial charge in [-0.15, -0.1) is 0 Å². The Morgan fingerprint density at radius 3 is 2.52 bits per heavy atom. The van der Waals surface area contributed by atoms with Gasteiger partial charge in [0.25, 0.3) is 0 Å². The SMILES string of the molecule is O=C(O)c1cccc([C@H]2CCCN(C(=O)C3(N4CCOCC4)CCCCC3)C2)c1. The number of carboxylic acids is 1. The maximum atomic E-state index is 13.9. The van der Waals surface area contributed by atoms with Crippen LogP contribution in [0.3, 0.4) is 0 Å². The molecule has 2 aliphatic heterocycles. The summed E-state index contributed by atoms with van der Waals surface area (Å²) in [7, 11) is 0. The molecule has 0 bridgehead atoms. The highest BCUT2D eigenvalue weighted by atomic mass is 16.5. The number of hydrogen-bond donors (Lipinski definition) is 1. The molecule has 1 saturated carbocycles. The Kier molecular flexibility index (Phi) is 6.20. The Morgan fingerprint density at radius 1 is 1.03 bits per heavy atom. The first-order valence-electron chi connectivity index (χ1n) is 11.1. The van der Waals surface area contributed by atoms with Crippen molar-refractivity contribution in [1.29, 1.82) is 0 Å². The van der Waals surface area contributed by atoms with E-state index in [9.17, 15) is 14.7 Å². The maximum absolute atomic E-state index is 13.9. The molecule has 2 saturated heterocycles. The molecule has 3 aliphatic rings. The number of amides is 1. The zero-order valence-electron chi connectivity index (χ0n) is 17.1. The molecule has 1 aromatic carbocycles. The summed E-state index contributed by atoms with van der Waals surface area (Å²) in [6.45, 7) is 4.58. The third-order valence-electron chi connectivity index (χ3n) is 7.01. The number of aromatic carboxylic acids is 1. The summed E-state index contributed by atoms with van der Waals surface area (Å²) in [5.74, 6) is -0.403. The van der Waals surface area contributed by atoms with E-state index < -0.39 is 5.97 Å². The Balaban J connectivity index is 1.53. The molecule has 1 N–H and O–H groups in total. The third-order valence-corrected chi connectivity index (χ3v) is 7.01. The quantitative estimate of drug-likeness (QED) is 0.841. The molecule has 29 heavy (non-hydrogen) atoms. The number of hydrogen-bond acceptors (Lipinski definition) is 4. The normalized spacial score (nSPS) is 25.5. The van der Waals surface area contributed by atoms with Crippen molar-refractivity contribution in [2.45, 2.75) is 56.4 Å². The van der Waals surface area contributed by atoms with E-state index in [1.165, 1.54) is 6.42 Å². The van der Waals surface area contributed by atoms with E-state index in [1.54, 1.807) is 12.1 Å². The van der Waals surface area contributed by atoms with E-state index in [4.69, 9.17) is 4.74 Å². The number of carbonyl (C=O) groups is 2. The summed E-state index contributed by atoms with van der Waals surface area (Å²) in [5.41, 5.74) is 0.988. The van der Waals surface area contributed by atoms with Gasteiger partial charge in [-0.05, 0) is 43.4 Å². The maximum Gasteiger partial charge on any atom is 0.335 e. The van der Waals surface area contributed by atoms with Crippen molar-refractivity contribution in [1.82, 2.24) is 9.80 Å². The standard InChI is InChI=1S/C23H32N2O4/c26-21(27)19-7-4-6-18(16-19)20-8-5-11-24(17-20)22(28)23(9-2-1-3-10-23)25-12-14-29-15-13-25/h4,6-7,16,20H,1-3,5,8-15,17H2,(H,26,27)/t20-/m0/s1. The summed E-state index contributed by atoms with van der Waals surface area (Å²) in [5, 5.41) is 9.32. The Morgan fingerprint density at radius 2 is 1.79 bits per heavy atom. The van der Waals surface area contributed by atoms with E-state index >= 15 is 0 Å². The van der Waals surface area contributed by atoms with Crippen LogP contribution in [-0.4, -0.2) is 71.7 Å². The topological polar surface area (TPSA) is 70.1 Å². The number of nitrogens with zero attached hydrogens (tertiary/aromatic N) is 2.